The Balaban J connectivity index is 1.50. The van der Waals surface area contributed by atoms with Crippen LogP contribution in [-0.2, 0) is 30.8 Å². The van der Waals surface area contributed by atoms with E-state index in [2.05, 4.69) is 21.3 Å². The second kappa shape index (κ2) is 14.4. The summed E-state index contributed by atoms with van der Waals surface area (Å²) in [6, 6.07) is 10.7. The second-order valence-electron chi connectivity index (χ2n) is 8.46. The molecule has 2 aromatic carbocycles. The Morgan fingerprint density at radius 1 is 1.06 bits per heavy atom. The third-order valence-electron chi connectivity index (χ3n) is 5.74. The maximum absolute atomic E-state index is 12.9. The maximum Gasteiger partial charge on any atom is 0.240 e. The summed E-state index contributed by atoms with van der Waals surface area (Å²) in [5.41, 5.74) is 2.94. The molecule has 0 aromatic heterocycles. The highest BCUT2D eigenvalue weighted by Gasteiger charge is 2.28. The summed E-state index contributed by atoms with van der Waals surface area (Å²) >= 11 is 12.7. The van der Waals surface area contributed by atoms with E-state index in [1.807, 2.05) is 19.2 Å². The van der Waals surface area contributed by atoms with E-state index in [-0.39, 0.29) is 24.0 Å². The van der Waals surface area contributed by atoms with Crippen molar-refractivity contribution >= 4 is 39.9 Å². The van der Waals surface area contributed by atoms with Gasteiger partial charge in [-0.1, -0.05) is 35.3 Å². The lowest BCUT2D eigenvalue weighted by molar-refractivity contribution is 0.0172. The Morgan fingerprint density at radius 3 is 2.47 bits per heavy atom. The van der Waals surface area contributed by atoms with Crippen molar-refractivity contribution in [3.8, 4) is 0 Å². The number of benzene rings is 2. The number of likely N-dealkylation sites (N-methyl/N-ethyl adjacent to an activating group) is 1. The van der Waals surface area contributed by atoms with Crippen LogP contribution >= 0.6 is 23.2 Å². The van der Waals surface area contributed by atoms with E-state index < -0.39 is 10.0 Å². The summed E-state index contributed by atoms with van der Waals surface area (Å²) in [7, 11) is -1.68. The molecule has 8 nitrogen and oxygen atoms in total. The Kier molecular flexibility index (Phi) is 11.6. The molecule has 0 spiro atoms. The van der Waals surface area contributed by atoms with Gasteiger partial charge in [0.05, 0.1) is 51.1 Å². The molecule has 2 aromatic rings. The lowest BCUT2D eigenvalue weighted by Crippen LogP contribution is -2.31. The van der Waals surface area contributed by atoms with Crippen LogP contribution in [0.25, 0.3) is 0 Å². The van der Waals surface area contributed by atoms with E-state index in [4.69, 9.17) is 37.4 Å². The van der Waals surface area contributed by atoms with Gasteiger partial charge in [-0.3, -0.25) is 4.99 Å². The number of hydrogen-bond donors (Lipinski definition) is 1. The molecule has 1 aliphatic rings. The molecule has 1 N–H and O–H groups in total. The van der Waals surface area contributed by atoms with Crippen LogP contribution in [0.1, 0.15) is 22.6 Å². The number of sulfonamides is 1. The molecule has 0 fully saturated rings. The minimum Gasteiger partial charge on any atom is -0.378 e. The molecule has 0 saturated heterocycles. The Bertz CT molecular complexity index is 1120. The molecule has 11 heteroatoms. The van der Waals surface area contributed by atoms with Gasteiger partial charge in [0.15, 0.2) is 0 Å². The van der Waals surface area contributed by atoms with Gasteiger partial charge >= 0.3 is 0 Å². The average molecular weight is 559 g/mol. The van der Waals surface area contributed by atoms with E-state index >= 15 is 0 Å². The summed E-state index contributed by atoms with van der Waals surface area (Å²) in [6.07, 6.45) is 0. The summed E-state index contributed by atoms with van der Waals surface area (Å²) < 4.78 is 44.5. The van der Waals surface area contributed by atoms with Crippen molar-refractivity contribution < 1.29 is 22.6 Å². The van der Waals surface area contributed by atoms with E-state index in [0.29, 0.717) is 56.2 Å². The molecule has 0 bridgehead atoms. The zero-order chi connectivity index (χ0) is 26.0. The molecular formula is C25H33Cl2N3O5S. The van der Waals surface area contributed by atoms with Gasteiger partial charge in [0.2, 0.25) is 10.0 Å². The van der Waals surface area contributed by atoms with Crippen molar-refractivity contribution in [2.45, 2.75) is 17.4 Å². The van der Waals surface area contributed by atoms with Gasteiger partial charge in [0, 0.05) is 35.6 Å². The zero-order valence-corrected chi connectivity index (χ0v) is 22.7. The predicted octanol–water partition coefficient (Wildman–Crippen LogP) is 3.60. The Hall–Kier alpha value is -1.56. The molecular weight excluding hydrogens is 525 g/mol. The Morgan fingerprint density at radius 2 is 1.75 bits per heavy atom. The molecule has 36 heavy (non-hydrogen) atoms. The van der Waals surface area contributed by atoms with E-state index in [1.54, 1.807) is 24.3 Å². The molecule has 198 valence electrons. The van der Waals surface area contributed by atoms with Gasteiger partial charge in [-0.2, -0.15) is 0 Å². The molecule has 3 rings (SSSR count). The van der Waals surface area contributed by atoms with E-state index in [9.17, 15) is 8.42 Å². The number of rotatable bonds is 15. The first-order valence-electron chi connectivity index (χ1n) is 11.7. The van der Waals surface area contributed by atoms with Gasteiger partial charge in [0.25, 0.3) is 0 Å². The van der Waals surface area contributed by atoms with E-state index in [0.717, 1.165) is 23.2 Å². The number of hydrogen-bond acceptors (Lipinski definition) is 7. The van der Waals surface area contributed by atoms with Crippen LogP contribution in [-0.4, -0.2) is 86.4 Å². The average Bonchev–Trinajstić information content (AvgIpc) is 2.85. The maximum atomic E-state index is 12.9. The largest absolute Gasteiger partial charge is 0.378 e. The Labute approximate surface area is 223 Å². The van der Waals surface area contributed by atoms with Gasteiger partial charge in [-0.15, -0.1) is 0 Å². The SMILES string of the molecule is C=NCCOCCOCCOCCNS(=O)(=O)c1cccc(C2CN(C)Cc3c(Cl)cc(Cl)cc32)c1. The van der Waals surface area contributed by atoms with Crippen molar-refractivity contribution in [2.75, 3.05) is 66.3 Å². The molecule has 1 atom stereocenters. The van der Waals surface area contributed by atoms with Crippen molar-refractivity contribution in [2.24, 2.45) is 4.99 Å². The van der Waals surface area contributed by atoms with Crippen molar-refractivity contribution in [3.63, 3.8) is 0 Å². The highest BCUT2D eigenvalue weighted by molar-refractivity contribution is 7.89. The van der Waals surface area contributed by atoms with Crippen LogP contribution < -0.4 is 4.72 Å². The summed E-state index contributed by atoms with van der Waals surface area (Å²) in [5, 5.41) is 1.19. The summed E-state index contributed by atoms with van der Waals surface area (Å²) in [5.74, 6) is -0.0440. The van der Waals surface area contributed by atoms with Crippen LogP contribution in [0.4, 0.5) is 0 Å². The van der Waals surface area contributed by atoms with E-state index in [1.165, 1.54) is 0 Å². The summed E-state index contributed by atoms with van der Waals surface area (Å²) in [6.45, 7) is 8.04. The molecule has 1 heterocycles. The minimum atomic E-state index is -3.70. The number of nitrogens with one attached hydrogen (secondary N) is 1. The zero-order valence-electron chi connectivity index (χ0n) is 20.4. The fourth-order valence-corrected chi connectivity index (χ4v) is 5.67. The van der Waals surface area contributed by atoms with Gasteiger partial charge in [-0.25, -0.2) is 13.1 Å². The number of aliphatic imine (C=N–C) groups is 1. The first-order valence-corrected chi connectivity index (χ1v) is 14.0. The van der Waals surface area contributed by atoms with Crippen molar-refractivity contribution in [3.05, 3.63) is 63.1 Å². The summed E-state index contributed by atoms with van der Waals surface area (Å²) in [4.78, 5) is 6.07. The van der Waals surface area contributed by atoms with Crippen LogP contribution in [0, 0.1) is 0 Å². The molecule has 0 aliphatic carbocycles. The first kappa shape index (κ1) is 29.0. The quantitative estimate of drug-likeness (QED) is 0.266. The fourth-order valence-electron chi connectivity index (χ4n) is 4.03. The number of ether oxygens (including phenoxy) is 3. The van der Waals surface area contributed by atoms with Crippen molar-refractivity contribution in [1.82, 2.24) is 9.62 Å². The molecule has 0 saturated carbocycles. The third-order valence-corrected chi connectivity index (χ3v) is 7.75. The number of nitrogens with zero attached hydrogens (tertiary/aromatic N) is 2. The first-order chi connectivity index (χ1) is 17.3. The topological polar surface area (TPSA) is 89.5 Å². The molecule has 1 aliphatic heterocycles. The van der Waals surface area contributed by atoms with Gasteiger partial charge in [0.1, 0.15) is 0 Å². The predicted molar refractivity (Wildman–Crippen MR) is 143 cm³/mol. The number of fused-ring (bicyclic) bond motifs is 1. The van der Waals surface area contributed by atoms with Crippen LogP contribution in [0.5, 0.6) is 0 Å². The highest BCUT2D eigenvalue weighted by atomic mass is 35.5. The lowest BCUT2D eigenvalue weighted by atomic mass is 9.85. The lowest BCUT2D eigenvalue weighted by Gasteiger charge is -2.33. The van der Waals surface area contributed by atoms with Gasteiger partial charge in [-0.05, 0) is 54.7 Å². The normalized spacial score (nSPS) is 16.1. The van der Waals surface area contributed by atoms with Crippen LogP contribution in [0.2, 0.25) is 10.0 Å². The van der Waals surface area contributed by atoms with Crippen LogP contribution in [0.3, 0.4) is 0 Å². The minimum absolute atomic E-state index is 0.0440. The standard InChI is InChI=1S/C25H33Cl2N3O5S/c1-28-6-8-33-10-12-35-13-11-34-9-7-29-36(31,32)21-5-3-4-19(14-21)23-17-30(2)18-24-22(23)15-20(26)16-25(24)27/h3-5,14-16,23,29H,1,6-13,17-18H2,2H3. The molecule has 1 unspecified atom stereocenters. The van der Waals surface area contributed by atoms with Crippen molar-refractivity contribution in [1.29, 1.82) is 0 Å². The fraction of sp³-hybridized carbons (Fsp3) is 0.480. The van der Waals surface area contributed by atoms with Gasteiger partial charge < -0.3 is 19.1 Å². The second-order valence-corrected chi connectivity index (χ2v) is 11.1. The molecule has 0 radical (unpaired) electrons. The molecule has 0 amide bonds. The smallest absolute Gasteiger partial charge is 0.240 e. The highest BCUT2D eigenvalue weighted by Crippen LogP contribution is 2.38. The van der Waals surface area contributed by atoms with Crippen LogP contribution in [0.15, 0.2) is 46.3 Å². The third kappa shape index (κ3) is 8.49. The number of halogens is 2. The monoisotopic (exact) mass is 557 g/mol.